The Labute approximate surface area is 142 Å². The van der Waals surface area contributed by atoms with Crippen LogP contribution < -0.4 is 0 Å². The Morgan fingerprint density at radius 2 is 2.00 bits per heavy atom. The van der Waals surface area contributed by atoms with Gasteiger partial charge in [0.05, 0.1) is 18.7 Å². The molecule has 3 aromatic heterocycles. The maximum atomic E-state index is 12.7. The maximum Gasteiger partial charge on any atom is 0.375 e. The van der Waals surface area contributed by atoms with Crippen molar-refractivity contribution < 1.29 is 19.1 Å². The largest absolute Gasteiger partial charge is 0.460 e. The second-order valence-corrected chi connectivity index (χ2v) is 6.07. The lowest BCUT2D eigenvalue weighted by molar-refractivity contribution is -0.153. The zero-order valence-electron chi connectivity index (χ0n) is 13.0. The molecule has 0 saturated heterocycles. The molecule has 0 aromatic carbocycles. The first kappa shape index (κ1) is 16.1. The number of pyridine rings is 1. The Hall–Kier alpha value is -2.73. The molecule has 0 bridgehead atoms. The van der Waals surface area contributed by atoms with E-state index in [0.717, 1.165) is 16.0 Å². The number of hydrogen-bond donors (Lipinski definition) is 0. The van der Waals surface area contributed by atoms with Gasteiger partial charge in [-0.1, -0.05) is 12.1 Å². The summed E-state index contributed by atoms with van der Waals surface area (Å²) >= 11 is 1.51. The molecule has 0 spiro atoms. The lowest BCUT2D eigenvalue weighted by Crippen LogP contribution is -2.21. The highest BCUT2D eigenvalue weighted by molar-refractivity contribution is 7.13. The van der Waals surface area contributed by atoms with Crippen molar-refractivity contribution in [3.05, 3.63) is 53.7 Å². The first-order valence-electron chi connectivity index (χ1n) is 7.49. The fourth-order valence-electron chi connectivity index (χ4n) is 2.54. The zero-order chi connectivity index (χ0) is 17.1. The van der Waals surface area contributed by atoms with Gasteiger partial charge < -0.3 is 9.14 Å². The van der Waals surface area contributed by atoms with Crippen LogP contribution in [0.2, 0.25) is 0 Å². The van der Waals surface area contributed by atoms with E-state index in [2.05, 4.69) is 4.74 Å². The van der Waals surface area contributed by atoms with Crippen molar-refractivity contribution in [2.75, 3.05) is 6.61 Å². The molecule has 0 atom stereocenters. The number of ether oxygens (including phenoxy) is 1. The molecule has 3 heterocycles. The van der Waals surface area contributed by atoms with Crippen LogP contribution in [0, 0.1) is 0 Å². The van der Waals surface area contributed by atoms with Crippen molar-refractivity contribution in [2.24, 2.45) is 0 Å². The number of ketones is 2. The van der Waals surface area contributed by atoms with Crippen molar-refractivity contribution in [3.8, 4) is 10.4 Å². The standard InChI is InChI=1S/C18H15NO4S/c1-2-23-18(22)15(21)11-14(20)17-13(16-7-5-9-24-16)10-12-6-3-4-8-19(12)17/h3-10H,2,11H2,1H3. The quantitative estimate of drug-likeness (QED) is 0.298. The summed E-state index contributed by atoms with van der Waals surface area (Å²) in [7, 11) is 0. The molecular weight excluding hydrogens is 326 g/mol. The van der Waals surface area contributed by atoms with Gasteiger partial charge in [-0.2, -0.15) is 0 Å². The van der Waals surface area contributed by atoms with Crippen LogP contribution in [0.3, 0.4) is 0 Å². The second kappa shape index (κ2) is 6.80. The van der Waals surface area contributed by atoms with Gasteiger partial charge in [0, 0.05) is 22.2 Å². The molecule has 3 aromatic rings. The summed E-state index contributed by atoms with van der Waals surface area (Å²) in [6, 6.07) is 11.3. The number of Topliss-reactive ketones (excluding diaryl/α,β-unsaturated/α-hetero) is 2. The molecule has 5 nitrogen and oxygen atoms in total. The van der Waals surface area contributed by atoms with E-state index in [0.29, 0.717) is 5.69 Å². The molecule has 122 valence electrons. The summed E-state index contributed by atoms with van der Waals surface area (Å²) in [5, 5.41) is 1.93. The minimum atomic E-state index is -0.968. The van der Waals surface area contributed by atoms with Gasteiger partial charge in [-0.25, -0.2) is 4.79 Å². The number of carbonyl (C=O) groups is 3. The Morgan fingerprint density at radius 1 is 1.17 bits per heavy atom. The minimum Gasteiger partial charge on any atom is -0.460 e. The smallest absolute Gasteiger partial charge is 0.375 e. The van der Waals surface area contributed by atoms with Gasteiger partial charge in [-0.3, -0.25) is 9.59 Å². The highest BCUT2D eigenvalue weighted by Crippen LogP contribution is 2.32. The Bertz CT molecular complexity index is 908. The molecule has 24 heavy (non-hydrogen) atoms. The predicted octanol–water partition coefficient (Wildman–Crippen LogP) is 3.37. The van der Waals surface area contributed by atoms with E-state index in [1.807, 2.05) is 41.8 Å². The number of rotatable bonds is 6. The second-order valence-electron chi connectivity index (χ2n) is 5.12. The molecule has 0 unspecified atom stereocenters. The Morgan fingerprint density at radius 3 is 2.71 bits per heavy atom. The third-order valence-electron chi connectivity index (χ3n) is 3.55. The van der Waals surface area contributed by atoms with Crippen molar-refractivity contribution in [2.45, 2.75) is 13.3 Å². The van der Waals surface area contributed by atoms with Crippen LogP contribution in [0.25, 0.3) is 16.0 Å². The van der Waals surface area contributed by atoms with Crippen molar-refractivity contribution in [1.29, 1.82) is 0 Å². The fraction of sp³-hybridized carbons (Fsp3) is 0.167. The molecule has 0 saturated carbocycles. The van der Waals surface area contributed by atoms with E-state index in [9.17, 15) is 14.4 Å². The Balaban J connectivity index is 2.01. The number of aromatic nitrogens is 1. The number of hydrogen-bond acceptors (Lipinski definition) is 5. The summed E-state index contributed by atoms with van der Waals surface area (Å²) in [5.74, 6) is -2.20. The summed E-state index contributed by atoms with van der Waals surface area (Å²) in [6.45, 7) is 1.72. The van der Waals surface area contributed by atoms with Crippen molar-refractivity contribution in [3.63, 3.8) is 0 Å². The number of esters is 1. The van der Waals surface area contributed by atoms with Gasteiger partial charge in [-0.15, -0.1) is 11.3 Å². The van der Waals surface area contributed by atoms with E-state index in [1.165, 1.54) is 11.3 Å². The van der Waals surface area contributed by atoms with Crippen LogP contribution in [0.1, 0.15) is 23.8 Å². The molecular formula is C18H15NO4S. The van der Waals surface area contributed by atoms with E-state index >= 15 is 0 Å². The molecule has 0 aliphatic carbocycles. The zero-order valence-corrected chi connectivity index (χ0v) is 13.8. The number of fused-ring (bicyclic) bond motifs is 1. The van der Waals surface area contributed by atoms with Crippen LogP contribution in [0.5, 0.6) is 0 Å². The average molecular weight is 341 g/mol. The SMILES string of the molecule is CCOC(=O)C(=O)CC(=O)c1c(-c2cccs2)cc2ccccn12. The molecule has 0 aliphatic rings. The van der Waals surface area contributed by atoms with Crippen molar-refractivity contribution >= 4 is 34.4 Å². The van der Waals surface area contributed by atoms with Gasteiger partial charge in [0.1, 0.15) is 0 Å². The van der Waals surface area contributed by atoms with E-state index < -0.39 is 24.0 Å². The molecule has 6 heteroatoms. The first-order valence-corrected chi connectivity index (χ1v) is 8.37. The third kappa shape index (κ3) is 3.00. The van der Waals surface area contributed by atoms with E-state index in [-0.39, 0.29) is 6.61 Å². The summed E-state index contributed by atoms with van der Waals surface area (Å²) in [5.41, 5.74) is 2.02. The highest BCUT2D eigenvalue weighted by atomic mass is 32.1. The number of nitrogens with zero attached hydrogens (tertiary/aromatic N) is 1. The molecule has 0 radical (unpaired) electrons. The van der Waals surface area contributed by atoms with Crippen LogP contribution in [0.15, 0.2) is 48.0 Å². The van der Waals surface area contributed by atoms with Crippen molar-refractivity contribution in [1.82, 2.24) is 4.40 Å². The van der Waals surface area contributed by atoms with Gasteiger partial charge in [0.15, 0.2) is 5.78 Å². The monoisotopic (exact) mass is 341 g/mol. The summed E-state index contributed by atoms with van der Waals surface area (Å²) in [4.78, 5) is 37.0. The Kier molecular flexibility index (Phi) is 4.57. The van der Waals surface area contributed by atoms with Crippen LogP contribution in [-0.2, 0) is 14.3 Å². The number of carbonyl (C=O) groups excluding carboxylic acids is 3. The molecule has 0 amide bonds. The van der Waals surface area contributed by atoms with E-state index in [1.54, 1.807) is 17.5 Å². The summed E-state index contributed by atoms with van der Waals surface area (Å²) in [6.07, 6.45) is 1.27. The normalized spacial score (nSPS) is 10.7. The van der Waals surface area contributed by atoms with Crippen LogP contribution in [-0.4, -0.2) is 28.5 Å². The molecule has 0 fully saturated rings. The van der Waals surface area contributed by atoms with E-state index in [4.69, 9.17) is 0 Å². The topological polar surface area (TPSA) is 64.9 Å². The maximum absolute atomic E-state index is 12.7. The first-order chi connectivity index (χ1) is 11.6. The number of thiophene rings is 1. The lowest BCUT2D eigenvalue weighted by Gasteiger charge is -2.05. The fourth-order valence-corrected chi connectivity index (χ4v) is 3.28. The molecule has 3 rings (SSSR count). The lowest BCUT2D eigenvalue weighted by atomic mass is 10.1. The molecule has 0 N–H and O–H groups in total. The molecule has 0 aliphatic heterocycles. The third-order valence-corrected chi connectivity index (χ3v) is 4.46. The predicted molar refractivity (Wildman–Crippen MR) is 91.3 cm³/mol. The summed E-state index contributed by atoms with van der Waals surface area (Å²) < 4.78 is 6.41. The van der Waals surface area contributed by atoms with Gasteiger partial charge >= 0.3 is 5.97 Å². The van der Waals surface area contributed by atoms with Crippen LogP contribution in [0.4, 0.5) is 0 Å². The van der Waals surface area contributed by atoms with Gasteiger partial charge in [-0.05, 0) is 36.6 Å². The highest BCUT2D eigenvalue weighted by Gasteiger charge is 2.25. The van der Waals surface area contributed by atoms with Gasteiger partial charge in [0.25, 0.3) is 0 Å². The average Bonchev–Trinajstić information content (AvgIpc) is 3.22. The van der Waals surface area contributed by atoms with Crippen LogP contribution >= 0.6 is 11.3 Å². The minimum absolute atomic E-state index is 0.104. The van der Waals surface area contributed by atoms with Gasteiger partial charge in [0.2, 0.25) is 5.78 Å².